The number of carbonyl (C=O) groups is 1. The van der Waals surface area contributed by atoms with Gasteiger partial charge in [-0.3, -0.25) is 0 Å². The Balaban J connectivity index is 2.32. The van der Waals surface area contributed by atoms with Crippen LogP contribution in [-0.2, 0) is 9.47 Å². The molecule has 0 aromatic heterocycles. The number of hydrogen-bond donors (Lipinski definition) is 0. The molecule has 1 unspecified atom stereocenters. The summed E-state index contributed by atoms with van der Waals surface area (Å²) >= 11 is 0. The molecule has 4 heteroatoms. The Kier molecular flexibility index (Phi) is 4.80. The zero-order valence-electron chi connectivity index (χ0n) is 11.7. The lowest BCUT2D eigenvalue weighted by atomic mass is 10.2. The van der Waals surface area contributed by atoms with Gasteiger partial charge in [-0.05, 0) is 33.1 Å². The van der Waals surface area contributed by atoms with E-state index in [9.17, 15) is 4.79 Å². The monoisotopic (exact) mass is 243 g/mol. The summed E-state index contributed by atoms with van der Waals surface area (Å²) in [5, 5.41) is 0. The van der Waals surface area contributed by atoms with E-state index in [1.807, 2.05) is 20.8 Å². The predicted molar refractivity (Wildman–Crippen MR) is 67.0 cm³/mol. The fourth-order valence-corrected chi connectivity index (χ4v) is 1.69. The zero-order valence-corrected chi connectivity index (χ0v) is 11.7. The predicted octanol–water partition coefficient (Wildman–Crippen LogP) is 2.67. The van der Waals surface area contributed by atoms with Crippen LogP contribution in [0.2, 0.25) is 0 Å². The van der Waals surface area contributed by atoms with Crippen molar-refractivity contribution in [2.45, 2.75) is 52.7 Å². The molecule has 1 aliphatic rings. The first-order chi connectivity index (χ1) is 7.78. The lowest BCUT2D eigenvalue weighted by Crippen LogP contribution is -2.36. The second-order valence-electron chi connectivity index (χ2n) is 6.06. The fourth-order valence-electron chi connectivity index (χ4n) is 1.69. The molecule has 1 aliphatic heterocycles. The number of likely N-dealkylation sites (tertiary alicyclic amines) is 1. The Labute approximate surface area is 104 Å². The van der Waals surface area contributed by atoms with Gasteiger partial charge in [0.05, 0.1) is 12.6 Å². The van der Waals surface area contributed by atoms with Crippen molar-refractivity contribution in [3.05, 3.63) is 0 Å². The van der Waals surface area contributed by atoms with Crippen LogP contribution in [0.1, 0.15) is 41.0 Å². The molecule has 0 bridgehead atoms. The molecule has 1 atom stereocenters. The maximum atomic E-state index is 11.8. The van der Waals surface area contributed by atoms with E-state index in [0.717, 1.165) is 19.6 Å². The van der Waals surface area contributed by atoms with Crippen LogP contribution in [0.15, 0.2) is 0 Å². The van der Waals surface area contributed by atoms with Crippen molar-refractivity contribution in [3.8, 4) is 0 Å². The average molecular weight is 243 g/mol. The smallest absolute Gasteiger partial charge is 0.410 e. The summed E-state index contributed by atoms with van der Waals surface area (Å²) in [7, 11) is 0. The van der Waals surface area contributed by atoms with Crippen molar-refractivity contribution < 1.29 is 14.3 Å². The van der Waals surface area contributed by atoms with E-state index in [1.165, 1.54) is 0 Å². The van der Waals surface area contributed by atoms with Crippen molar-refractivity contribution in [3.63, 3.8) is 0 Å². The van der Waals surface area contributed by atoms with Crippen LogP contribution in [0.3, 0.4) is 0 Å². The van der Waals surface area contributed by atoms with Gasteiger partial charge in [0.25, 0.3) is 0 Å². The molecule has 100 valence electrons. The SMILES string of the molecule is CC(C)COC1CCN(C(=O)OC(C)(C)C)C1. The van der Waals surface area contributed by atoms with Crippen LogP contribution < -0.4 is 0 Å². The summed E-state index contributed by atoms with van der Waals surface area (Å²) < 4.78 is 11.1. The highest BCUT2D eigenvalue weighted by molar-refractivity contribution is 5.68. The van der Waals surface area contributed by atoms with Gasteiger partial charge >= 0.3 is 6.09 Å². The van der Waals surface area contributed by atoms with Crippen molar-refractivity contribution in [2.24, 2.45) is 5.92 Å². The van der Waals surface area contributed by atoms with E-state index < -0.39 is 5.60 Å². The van der Waals surface area contributed by atoms with Gasteiger partial charge in [-0.2, -0.15) is 0 Å². The quantitative estimate of drug-likeness (QED) is 0.765. The third-order valence-corrected chi connectivity index (χ3v) is 2.46. The molecule has 1 saturated heterocycles. The Bertz CT molecular complexity index is 258. The molecule has 1 heterocycles. The molecular formula is C13H25NO3. The van der Waals surface area contributed by atoms with Gasteiger partial charge in [0, 0.05) is 13.2 Å². The summed E-state index contributed by atoms with van der Waals surface area (Å²) in [6.07, 6.45) is 0.851. The lowest BCUT2D eigenvalue weighted by Gasteiger charge is -2.24. The minimum absolute atomic E-state index is 0.171. The molecular weight excluding hydrogens is 218 g/mol. The highest BCUT2D eigenvalue weighted by Gasteiger charge is 2.30. The van der Waals surface area contributed by atoms with Crippen molar-refractivity contribution in [1.29, 1.82) is 0 Å². The van der Waals surface area contributed by atoms with E-state index in [1.54, 1.807) is 4.90 Å². The average Bonchev–Trinajstić information content (AvgIpc) is 2.60. The van der Waals surface area contributed by atoms with Gasteiger partial charge in [-0.15, -0.1) is 0 Å². The van der Waals surface area contributed by atoms with Crippen molar-refractivity contribution in [1.82, 2.24) is 4.90 Å². The molecule has 0 aromatic carbocycles. The van der Waals surface area contributed by atoms with E-state index in [-0.39, 0.29) is 12.2 Å². The highest BCUT2D eigenvalue weighted by atomic mass is 16.6. The number of amides is 1. The first-order valence-electron chi connectivity index (χ1n) is 6.37. The minimum atomic E-state index is -0.423. The van der Waals surface area contributed by atoms with Gasteiger partial charge < -0.3 is 14.4 Å². The number of hydrogen-bond acceptors (Lipinski definition) is 3. The number of carbonyl (C=O) groups excluding carboxylic acids is 1. The Morgan fingerprint density at radius 2 is 2.06 bits per heavy atom. The van der Waals surface area contributed by atoms with Gasteiger partial charge in [0.1, 0.15) is 5.60 Å². The number of ether oxygens (including phenoxy) is 2. The topological polar surface area (TPSA) is 38.8 Å². The minimum Gasteiger partial charge on any atom is -0.444 e. The Morgan fingerprint density at radius 3 is 2.59 bits per heavy atom. The first-order valence-corrected chi connectivity index (χ1v) is 6.37. The molecule has 0 aromatic rings. The van der Waals surface area contributed by atoms with Gasteiger partial charge in [-0.1, -0.05) is 13.8 Å². The molecule has 4 nitrogen and oxygen atoms in total. The summed E-state index contributed by atoms with van der Waals surface area (Å²) in [6.45, 7) is 12.0. The normalized spacial score (nSPS) is 21.1. The van der Waals surface area contributed by atoms with E-state index in [0.29, 0.717) is 12.5 Å². The number of rotatable bonds is 3. The Morgan fingerprint density at radius 1 is 1.41 bits per heavy atom. The van der Waals surface area contributed by atoms with Gasteiger partial charge in [0.2, 0.25) is 0 Å². The third-order valence-electron chi connectivity index (χ3n) is 2.46. The van der Waals surface area contributed by atoms with Crippen molar-refractivity contribution >= 4 is 6.09 Å². The van der Waals surface area contributed by atoms with E-state index in [2.05, 4.69) is 13.8 Å². The lowest BCUT2D eigenvalue weighted by molar-refractivity contribution is 0.0174. The van der Waals surface area contributed by atoms with Crippen LogP contribution in [0.5, 0.6) is 0 Å². The summed E-state index contributed by atoms with van der Waals surface area (Å²) in [5.74, 6) is 0.533. The van der Waals surface area contributed by atoms with Gasteiger partial charge in [-0.25, -0.2) is 4.79 Å². The molecule has 0 spiro atoms. The summed E-state index contributed by atoms with van der Waals surface area (Å²) in [4.78, 5) is 13.5. The second-order valence-corrected chi connectivity index (χ2v) is 6.06. The molecule has 0 aliphatic carbocycles. The Hall–Kier alpha value is -0.770. The third kappa shape index (κ3) is 5.39. The van der Waals surface area contributed by atoms with Crippen LogP contribution >= 0.6 is 0 Å². The zero-order chi connectivity index (χ0) is 13.1. The molecule has 1 amide bonds. The van der Waals surface area contributed by atoms with Crippen LogP contribution in [0, 0.1) is 5.92 Å². The molecule has 0 saturated carbocycles. The second kappa shape index (κ2) is 5.71. The maximum Gasteiger partial charge on any atom is 0.410 e. The molecule has 0 N–H and O–H groups in total. The summed E-state index contributed by atoms with van der Waals surface area (Å²) in [5.41, 5.74) is -0.423. The fraction of sp³-hybridized carbons (Fsp3) is 0.923. The van der Waals surface area contributed by atoms with Gasteiger partial charge in [0.15, 0.2) is 0 Å². The van der Waals surface area contributed by atoms with Crippen LogP contribution in [-0.4, -0.2) is 42.4 Å². The van der Waals surface area contributed by atoms with Crippen molar-refractivity contribution in [2.75, 3.05) is 19.7 Å². The van der Waals surface area contributed by atoms with E-state index >= 15 is 0 Å². The van der Waals surface area contributed by atoms with Crippen LogP contribution in [0.4, 0.5) is 4.79 Å². The van der Waals surface area contributed by atoms with Crippen LogP contribution in [0.25, 0.3) is 0 Å². The number of nitrogens with zero attached hydrogens (tertiary/aromatic N) is 1. The van der Waals surface area contributed by atoms with E-state index in [4.69, 9.17) is 9.47 Å². The molecule has 0 radical (unpaired) electrons. The largest absolute Gasteiger partial charge is 0.444 e. The molecule has 1 fully saturated rings. The molecule has 1 rings (SSSR count). The summed E-state index contributed by atoms with van der Waals surface area (Å²) in [6, 6.07) is 0. The standard InChI is InChI=1S/C13H25NO3/c1-10(2)9-16-11-6-7-14(8-11)12(15)17-13(3,4)5/h10-11H,6-9H2,1-5H3. The first kappa shape index (κ1) is 14.3. The maximum absolute atomic E-state index is 11.8. The highest BCUT2D eigenvalue weighted by Crippen LogP contribution is 2.17. The molecule has 17 heavy (non-hydrogen) atoms.